The SMILES string of the molecule is CCCN(C)C1(C(=O)O)CCCCCCC1. The molecule has 0 saturated heterocycles. The molecule has 0 amide bonds. The van der Waals surface area contributed by atoms with Gasteiger partial charge in [0.25, 0.3) is 0 Å². The Morgan fingerprint density at radius 1 is 1.19 bits per heavy atom. The summed E-state index contributed by atoms with van der Waals surface area (Å²) in [7, 11) is 1.97. The van der Waals surface area contributed by atoms with Crippen molar-refractivity contribution in [1.82, 2.24) is 4.90 Å². The maximum Gasteiger partial charge on any atom is 0.324 e. The van der Waals surface area contributed by atoms with Gasteiger partial charge in [-0.1, -0.05) is 39.0 Å². The minimum atomic E-state index is -0.620. The smallest absolute Gasteiger partial charge is 0.324 e. The first-order valence-electron chi connectivity index (χ1n) is 6.58. The van der Waals surface area contributed by atoms with Crippen LogP contribution in [0.25, 0.3) is 0 Å². The summed E-state index contributed by atoms with van der Waals surface area (Å²) < 4.78 is 0. The predicted octanol–water partition coefficient (Wildman–Crippen LogP) is 2.90. The van der Waals surface area contributed by atoms with Crippen molar-refractivity contribution < 1.29 is 9.90 Å². The first-order valence-corrected chi connectivity index (χ1v) is 6.58. The molecule has 16 heavy (non-hydrogen) atoms. The molecule has 0 unspecified atom stereocenters. The maximum atomic E-state index is 11.6. The lowest BCUT2D eigenvalue weighted by Gasteiger charge is -2.39. The van der Waals surface area contributed by atoms with Gasteiger partial charge in [0.15, 0.2) is 0 Å². The number of rotatable bonds is 4. The van der Waals surface area contributed by atoms with E-state index in [0.29, 0.717) is 0 Å². The van der Waals surface area contributed by atoms with Gasteiger partial charge < -0.3 is 5.11 Å². The number of hydrogen-bond donors (Lipinski definition) is 1. The molecule has 0 heterocycles. The van der Waals surface area contributed by atoms with E-state index in [1.54, 1.807) is 0 Å². The van der Waals surface area contributed by atoms with Crippen LogP contribution in [0.1, 0.15) is 58.3 Å². The van der Waals surface area contributed by atoms with Crippen LogP contribution >= 0.6 is 0 Å². The van der Waals surface area contributed by atoms with E-state index < -0.39 is 11.5 Å². The fraction of sp³-hybridized carbons (Fsp3) is 0.923. The number of likely N-dealkylation sites (N-methyl/N-ethyl adjacent to an activating group) is 1. The summed E-state index contributed by atoms with van der Waals surface area (Å²) in [4.78, 5) is 13.7. The second kappa shape index (κ2) is 6.24. The average Bonchev–Trinajstić information content (AvgIpc) is 2.17. The van der Waals surface area contributed by atoms with Gasteiger partial charge in [-0.15, -0.1) is 0 Å². The monoisotopic (exact) mass is 227 g/mol. The first kappa shape index (κ1) is 13.5. The van der Waals surface area contributed by atoms with Crippen LogP contribution in [-0.4, -0.2) is 35.1 Å². The Bertz CT molecular complexity index is 220. The molecular weight excluding hydrogens is 202 g/mol. The van der Waals surface area contributed by atoms with E-state index >= 15 is 0 Å². The van der Waals surface area contributed by atoms with Gasteiger partial charge in [-0.2, -0.15) is 0 Å². The third kappa shape index (κ3) is 2.97. The van der Waals surface area contributed by atoms with E-state index in [9.17, 15) is 9.90 Å². The zero-order chi connectivity index (χ0) is 12.0. The minimum Gasteiger partial charge on any atom is -0.480 e. The lowest BCUT2D eigenvalue weighted by molar-refractivity contribution is -0.152. The molecule has 0 aromatic heterocycles. The van der Waals surface area contributed by atoms with Gasteiger partial charge in [0.2, 0.25) is 0 Å². The van der Waals surface area contributed by atoms with Crippen molar-refractivity contribution in [3.8, 4) is 0 Å². The molecule has 1 saturated carbocycles. The summed E-state index contributed by atoms with van der Waals surface area (Å²) >= 11 is 0. The Morgan fingerprint density at radius 2 is 1.69 bits per heavy atom. The molecule has 0 spiro atoms. The van der Waals surface area contributed by atoms with E-state index in [2.05, 4.69) is 11.8 Å². The molecule has 0 aromatic carbocycles. The number of carboxylic acid groups (broad SMARTS) is 1. The van der Waals surface area contributed by atoms with Crippen LogP contribution < -0.4 is 0 Å². The van der Waals surface area contributed by atoms with E-state index in [1.165, 1.54) is 19.3 Å². The lowest BCUT2D eigenvalue weighted by atomic mass is 9.82. The third-order valence-corrected chi connectivity index (χ3v) is 3.87. The van der Waals surface area contributed by atoms with Gasteiger partial charge in [-0.25, -0.2) is 0 Å². The van der Waals surface area contributed by atoms with E-state index in [4.69, 9.17) is 0 Å². The van der Waals surface area contributed by atoms with Gasteiger partial charge >= 0.3 is 5.97 Å². The standard InChI is InChI=1S/C13H25NO2/c1-3-11-14(2)13(12(15)16)9-7-5-4-6-8-10-13/h3-11H2,1-2H3,(H,15,16). The summed E-state index contributed by atoms with van der Waals surface area (Å²) in [6.07, 6.45) is 8.42. The van der Waals surface area contributed by atoms with Crippen molar-refractivity contribution in [2.75, 3.05) is 13.6 Å². The van der Waals surface area contributed by atoms with Crippen LogP contribution in [0.5, 0.6) is 0 Å². The van der Waals surface area contributed by atoms with Crippen molar-refractivity contribution in [1.29, 1.82) is 0 Å². The molecular formula is C13H25NO2. The Balaban J connectivity index is 2.78. The van der Waals surface area contributed by atoms with Gasteiger partial charge in [0.1, 0.15) is 5.54 Å². The van der Waals surface area contributed by atoms with Crippen molar-refractivity contribution in [3.05, 3.63) is 0 Å². The molecule has 3 nitrogen and oxygen atoms in total. The van der Waals surface area contributed by atoms with Crippen LogP contribution in [0.2, 0.25) is 0 Å². The number of nitrogens with zero attached hydrogens (tertiary/aromatic N) is 1. The van der Waals surface area contributed by atoms with E-state index in [-0.39, 0.29) is 0 Å². The highest BCUT2D eigenvalue weighted by molar-refractivity contribution is 5.78. The second-order valence-corrected chi connectivity index (χ2v) is 5.03. The highest BCUT2D eigenvalue weighted by atomic mass is 16.4. The normalized spacial score (nSPS) is 21.4. The average molecular weight is 227 g/mol. The molecule has 0 aromatic rings. The fourth-order valence-corrected chi connectivity index (χ4v) is 2.80. The summed E-state index contributed by atoms with van der Waals surface area (Å²) in [6.45, 7) is 2.99. The zero-order valence-electron chi connectivity index (χ0n) is 10.7. The summed E-state index contributed by atoms with van der Waals surface area (Å²) in [5, 5.41) is 9.56. The van der Waals surface area contributed by atoms with Crippen LogP contribution in [0.4, 0.5) is 0 Å². The molecule has 0 aliphatic heterocycles. The molecule has 0 atom stereocenters. The first-order chi connectivity index (χ1) is 7.63. The molecule has 1 fully saturated rings. The summed E-state index contributed by atoms with van der Waals surface area (Å²) in [5.74, 6) is -0.620. The summed E-state index contributed by atoms with van der Waals surface area (Å²) in [6, 6.07) is 0. The molecule has 1 aliphatic rings. The van der Waals surface area contributed by atoms with Crippen LogP contribution in [0.15, 0.2) is 0 Å². The number of hydrogen-bond acceptors (Lipinski definition) is 2. The van der Waals surface area contributed by atoms with Crippen LogP contribution in [0, 0.1) is 0 Å². The minimum absolute atomic E-state index is 0.587. The van der Waals surface area contributed by atoms with Crippen molar-refractivity contribution in [2.45, 2.75) is 63.8 Å². The van der Waals surface area contributed by atoms with Crippen molar-refractivity contribution in [3.63, 3.8) is 0 Å². The number of carboxylic acids is 1. The van der Waals surface area contributed by atoms with Crippen molar-refractivity contribution in [2.24, 2.45) is 0 Å². The number of carbonyl (C=O) groups is 1. The highest BCUT2D eigenvalue weighted by Crippen LogP contribution is 2.31. The predicted molar refractivity (Wildman–Crippen MR) is 65.6 cm³/mol. The molecule has 1 aliphatic carbocycles. The van der Waals surface area contributed by atoms with E-state index in [0.717, 1.165) is 38.6 Å². The zero-order valence-corrected chi connectivity index (χ0v) is 10.7. The van der Waals surface area contributed by atoms with Gasteiger partial charge in [0.05, 0.1) is 0 Å². The molecule has 1 N–H and O–H groups in total. The van der Waals surface area contributed by atoms with Gasteiger partial charge in [-0.05, 0) is 32.9 Å². The second-order valence-electron chi connectivity index (χ2n) is 5.03. The molecule has 0 radical (unpaired) electrons. The lowest BCUT2D eigenvalue weighted by Crippen LogP contribution is -2.53. The maximum absolute atomic E-state index is 11.6. The fourth-order valence-electron chi connectivity index (χ4n) is 2.80. The molecule has 1 rings (SSSR count). The summed E-state index contributed by atoms with van der Waals surface area (Å²) in [5.41, 5.74) is -0.587. The van der Waals surface area contributed by atoms with E-state index in [1.807, 2.05) is 7.05 Å². The molecule has 3 heteroatoms. The Hall–Kier alpha value is -0.570. The third-order valence-electron chi connectivity index (χ3n) is 3.87. The number of aliphatic carboxylic acids is 1. The van der Waals surface area contributed by atoms with Crippen LogP contribution in [-0.2, 0) is 4.79 Å². The van der Waals surface area contributed by atoms with Crippen LogP contribution in [0.3, 0.4) is 0 Å². The van der Waals surface area contributed by atoms with Gasteiger partial charge in [-0.3, -0.25) is 9.69 Å². The highest BCUT2D eigenvalue weighted by Gasteiger charge is 2.41. The topological polar surface area (TPSA) is 40.5 Å². The Morgan fingerprint density at radius 3 is 2.12 bits per heavy atom. The quantitative estimate of drug-likeness (QED) is 0.802. The Labute approximate surface area is 98.8 Å². The van der Waals surface area contributed by atoms with Gasteiger partial charge in [0, 0.05) is 0 Å². The molecule has 0 bridgehead atoms. The largest absolute Gasteiger partial charge is 0.480 e. The Kier molecular flexibility index (Phi) is 5.26. The van der Waals surface area contributed by atoms with Crippen molar-refractivity contribution >= 4 is 5.97 Å². The molecule has 94 valence electrons.